The molecular weight excluding hydrogens is 182 g/mol. The van der Waals surface area contributed by atoms with Gasteiger partial charge in [0.15, 0.2) is 0 Å². The Kier molecular flexibility index (Phi) is 5.72. The minimum atomic E-state index is -0.845. The molecule has 0 radical (unpaired) electrons. The van der Waals surface area contributed by atoms with Gasteiger partial charge in [0.2, 0.25) is 5.91 Å². The van der Waals surface area contributed by atoms with Crippen LogP contribution < -0.4 is 5.32 Å². The molecule has 0 bridgehead atoms. The molecule has 4 nitrogen and oxygen atoms in total. The lowest BCUT2D eigenvalue weighted by Gasteiger charge is -2.17. The molecular formula is C10H21NO3. The first-order chi connectivity index (χ1) is 6.35. The van der Waals surface area contributed by atoms with Crippen molar-refractivity contribution in [3.63, 3.8) is 0 Å². The molecule has 0 aromatic rings. The SMILES string of the molecule is COC(C)CCC(=O)NCC(C)(C)O. The minimum Gasteiger partial charge on any atom is -0.389 e. The molecule has 0 saturated carbocycles. The molecule has 0 saturated heterocycles. The molecule has 4 heteroatoms. The number of methoxy groups -OCH3 is 1. The van der Waals surface area contributed by atoms with E-state index in [0.717, 1.165) is 0 Å². The Morgan fingerprint density at radius 3 is 2.57 bits per heavy atom. The summed E-state index contributed by atoms with van der Waals surface area (Å²) in [4.78, 5) is 11.2. The van der Waals surface area contributed by atoms with Crippen LogP contribution in [0.3, 0.4) is 0 Å². The van der Waals surface area contributed by atoms with Crippen molar-refractivity contribution in [2.75, 3.05) is 13.7 Å². The van der Waals surface area contributed by atoms with Crippen molar-refractivity contribution >= 4 is 5.91 Å². The summed E-state index contributed by atoms with van der Waals surface area (Å²) >= 11 is 0. The first kappa shape index (κ1) is 13.4. The Labute approximate surface area is 85.6 Å². The lowest BCUT2D eigenvalue weighted by molar-refractivity contribution is -0.122. The zero-order chi connectivity index (χ0) is 11.2. The van der Waals surface area contributed by atoms with Crippen molar-refractivity contribution < 1.29 is 14.6 Å². The van der Waals surface area contributed by atoms with Gasteiger partial charge in [-0.05, 0) is 27.2 Å². The number of rotatable bonds is 6. The second kappa shape index (κ2) is 5.98. The summed E-state index contributed by atoms with van der Waals surface area (Å²) in [5.74, 6) is -0.0453. The van der Waals surface area contributed by atoms with Gasteiger partial charge in [0, 0.05) is 20.1 Å². The Bertz CT molecular complexity index is 175. The zero-order valence-electron chi connectivity index (χ0n) is 9.46. The highest BCUT2D eigenvalue weighted by Crippen LogP contribution is 2.01. The van der Waals surface area contributed by atoms with E-state index in [1.54, 1.807) is 21.0 Å². The smallest absolute Gasteiger partial charge is 0.220 e. The van der Waals surface area contributed by atoms with E-state index in [-0.39, 0.29) is 18.6 Å². The van der Waals surface area contributed by atoms with E-state index in [2.05, 4.69) is 5.32 Å². The van der Waals surface area contributed by atoms with Crippen molar-refractivity contribution in [3.8, 4) is 0 Å². The number of carbonyl (C=O) groups is 1. The molecule has 0 aromatic heterocycles. The van der Waals surface area contributed by atoms with Crippen LogP contribution in [-0.2, 0) is 9.53 Å². The Morgan fingerprint density at radius 2 is 2.14 bits per heavy atom. The highest BCUT2D eigenvalue weighted by Gasteiger charge is 2.14. The topological polar surface area (TPSA) is 58.6 Å². The van der Waals surface area contributed by atoms with Gasteiger partial charge in [0.1, 0.15) is 0 Å². The number of hydrogen-bond acceptors (Lipinski definition) is 3. The summed E-state index contributed by atoms with van der Waals surface area (Å²) in [5.41, 5.74) is -0.845. The third kappa shape index (κ3) is 8.01. The van der Waals surface area contributed by atoms with Crippen molar-refractivity contribution in [1.82, 2.24) is 5.32 Å². The largest absolute Gasteiger partial charge is 0.389 e. The number of amides is 1. The Balaban J connectivity index is 3.57. The molecule has 2 N–H and O–H groups in total. The fraction of sp³-hybridized carbons (Fsp3) is 0.900. The monoisotopic (exact) mass is 203 g/mol. The summed E-state index contributed by atoms with van der Waals surface area (Å²) in [6.45, 7) is 5.52. The van der Waals surface area contributed by atoms with E-state index in [9.17, 15) is 9.90 Å². The van der Waals surface area contributed by atoms with Crippen LogP contribution in [0.2, 0.25) is 0 Å². The van der Waals surface area contributed by atoms with Crippen LogP contribution in [-0.4, -0.2) is 36.4 Å². The van der Waals surface area contributed by atoms with E-state index in [4.69, 9.17) is 4.74 Å². The average Bonchev–Trinajstić information content (AvgIpc) is 2.09. The number of hydrogen-bond donors (Lipinski definition) is 2. The van der Waals surface area contributed by atoms with Gasteiger partial charge >= 0.3 is 0 Å². The summed E-state index contributed by atoms with van der Waals surface area (Å²) < 4.78 is 5.02. The van der Waals surface area contributed by atoms with E-state index in [1.165, 1.54) is 0 Å². The first-order valence-electron chi connectivity index (χ1n) is 4.87. The van der Waals surface area contributed by atoms with Crippen molar-refractivity contribution in [2.24, 2.45) is 0 Å². The Hall–Kier alpha value is -0.610. The molecule has 0 fully saturated rings. The Morgan fingerprint density at radius 1 is 1.57 bits per heavy atom. The van der Waals surface area contributed by atoms with Gasteiger partial charge in [-0.1, -0.05) is 0 Å². The van der Waals surface area contributed by atoms with Crippen LogP contribution in [0.1, 0.15) is 33.6 Å². The second-order valence-electron chi connectivity index (χ2n) is 4.17. The third-order valence-electron chi connectivity index (χ3n) is 1.90. The zero-order valence-corrected chi connectivity index (χ0v) is 9.46. The molecule has 0 spiro atoms. The van der Waals surface area contributed by atoms with Crippen LogP contribution in [0.25, 0.3) is 0 Å². The fourth-order valence-electron chi connectivity index (χ4n) is 0.855. The van der Waals surface area contributed by atoms with Crippen molar-refractivity contribution in [2.45, 2.75) is 45.3 Å². The van der Waals surface area contributed by atoms with Crippen LogP contribution >= 0.6 is 0 Å². The van der Waals surface area contributed by atoms with E-state index in [1.807, 2.05) is 6.92 Å². The predicted molar refractivity (Wildman–Crippen MR) is 55.0 cm³/mol. The maximum atomic E-state index is 11.2. The van der Waals surface area contributed by atoms with Crippen LogP contribution in [0.5, 0.6) is 0 Å². The van der Waals surface area contributed by atoms with Crippen LogP contribution in [0.4, 0.5) is 0 Å². The van der Waals surface area contributed by atoms with Gasteiger partial charge in [-0.25, -0.2) is 0 Å². The molecule has 14 heavy (non-hydrogen) atoms. The second-order valence-corrected chi connectivity index (χ2v) is 4.17. The molecule has 1 unspecified atom stereocenters. The summed E-state index contributed by atoms with van der Waals surface area (Å²) in [5, 5.41) is 12.0. The number of nitrogens with one attached hydrogen (secondary N) is 1. The summed E-state index contributed by atoms with van der Waals surface area (Å²) in [7, 11) is 1.62. The normalized spacial score (nSPS) is 13.8. The van der Waals surface area contributed by atoms with Crippen molar-refractivity contribution in [1.29, 1.82) is 0 Å². The van der Waals surface area contributed by atoms with Gasteiger partial charge in [0.25, 0.3) is 0 Å². The summed E-state index contributed by atoms with van der Waals surface area (Å²) in [6.07, 6.45) is 1.24. The maximum absolute atomic E-state index is 11.2. The molecule has 0 aliphatic rings. The first-order valence-corrected chi connectivity index (χ1v) is 4.87. The summed E-state index contributed by atoms with van der Waals surface area (Å²) in [6, 6.07) is 0. The number of ether oxygens (including phenoxy) is 1. The van der Waals surface area contributed by atoms with E-state index < -0.39 is 5.60 Å². The molecule has 0 aliphatic carbocycles. The number of aliphatic hydroxyl groups is 1. The molecule has 0 aliphatic heterocycles. The average molecular weight is 203 g/mol. The highest BCUT2D eigenvalue weighted by atomic mass is 16.5. The van der Waals surface area contributed by atoms with Gasteiger partial charge < -0.3 is 15.2 Å². The third-order valence-corrected chi connectivity index (χ3v) is 1.90. The quantitative estimate of drug-likeness (QED) is 0.667. The lowest BCUT2D eigenvalue weighted by atomic mass is 10.1. The van der Waals surface area contributed by atoms with Gasteiger partial charge in [0.05, 0.1) is 11.7 Å². The van der Waals surface area contributed by atoms with Crippen molar-refractivity contribution in [3.05, 3.63) is 0 Å². The van der Waals surface area contributed by atoms with Gasteiger partial charge in [-0.2, -0.15) is 0 Å². The molecule has 0 heterocycles. The molecule has 0 rings (SSSR count). The predicted octanol–water partition coefficient (Wildman–Crippen LogP) is 0.689. The van der Waals surface area contributed by atoms with Gasteiger partial charge in [-0.3, -0.25) is 4.79 Å². The molecule has 84 valence electrons. The van der Waals surface area contributed by atoms with Crippen LogP contribution in [0, 0.1) is 0 Å². The highest BCUT2D eigenvalue weighted by molar-refractivity contribution is 5.75. The fourth-order valence-corrected chi connectivity index (χ4v) is 0.855. The van der Waals surface area contributed by atoms with Gasteiger partial charge in [-0.15, -0.1) is 0 Å². The molecule has 1 amide bonds. The molecule has 0 aromatic carbocycles. The van der Waals surface area contributed by atoms with Crippen LogP contribution in [0.15, 0.2) is 0 Å². The number of carbonyl (C=O) groups excluding carboxylic acids is 1. The maximum Gasteiger partial charge on any atom is 0.220 e. The molecule has 1 atom stereocenters. The lowest BCUT2D eigenvalue weighted by Crippen LogP contribution is -2.38. The van der Waals surface area contributed by atoms with E-state index >= 15 is 0 Å². The van der Waals surface area contributed by atoms with E-state index in [0.29, 0.717) is 12.8 Å². The minimum absolute atomic E-state index is 0.0453. The standard InChI is InChI=1S/C10H21NO3/c1-8(14-4)5-6-9(12)11-7-10(2,3)13/h8,13H,5-7H2,1-4H3,(H,11,12).